The van der Waals surface area contributed by atoms with Crippen LogP contribution < -0.4 is 0 Å². The Morgan fingerprint density at radius 1 is 1.43 bits per heavy atom. The highest BCUT2D eigenvalue weighted by molar-refractivity contribution is 7.12. The van der Waals surface area contributed by atoms with E-state index in [1.807, 2.05) is 13.0 Å². The average molecular weight is 208 g/mol. The van der Waals surface area contributed by atoms with Crippen molar-refractivity contribution in [1.29, 1.82) is 0 Å². The van der Waals surface area contributed by atoms with Gasteiger partial charge in [-0.05, 0) is 30.5 Å². The zero-order chi connectivity index (χ0) is 10.1. The van der Waals surface area contributed by atoms with Gasteiger partial charge in [0.1, 0.15) is 16.4 Å². The minimum Gasteiger partial charge on any atom is -0.477 e. The lowest BCUT2D eigenvalue weighted by molar-refractivity contribution is 0.0702. The van der Waals surface area contributed by atoms with Crippen molar-refractivity contribution in [3.8, 4) is 11.3 Å². The number of aromatic carboxylic acids is 1. The summed E-state index contributed by atoms with van der Waals surface area (Å²) in [6.45, 7) is 1.83. The summed E-state index contributed by atoms with van der Waals surface area (Å²) in [5.41, 5.74) is 0.649. The average Bonchev–Trinajstić information content (AvgIpc) is 2.70. The maximum atomic E-state index is 10.8. The molecule has 4 heteroatoms. The van der Waals surface area contributed by atoms with Crippen molar-refractivity contribution in [2.45, 2.75) is 6.92 Å². The maximum Gasteiger partial charge on any atom is 0.346 e. The molecule has 0 saturated heterocycles. The van der Waals surface area contributed by atoms with Gasteiger partial charge in [0, 0.05) is 5.56 Å². The van der Waals surface area contributed by atoms with Crippen molar-refractivity contribution in [3.63, 3.8) is 0 Å². The van der Waals surface area contributed by atoms with Crippen LogP contribution in [0.5, 0.6) is 0 Å². The number of hydrogen-bond donors (Lipinski definition) is 1. The third-order valence-corrected chi connectivity index (χ3v) is 2.77. The van der Waals surface area contributed by atoms with Gasteiger partial charge >= 0.3 is 5.97 Å². The Hall–Kier alpha value is -1.55. The number of thiophene rings is 1. The number of furan rings is 1. The van der Waals surface area contributed by atoms with Gasteiger partial charge in [0.25, 0.3) is 0 Å². The molecule has 0 aromatic carbocycles. The third-order valence-electron chi connectivity index (χ3n) is 1.87. The molecule has 0 atom stereocenters. The van der Waals surface area contributed by atoms with Gasteiger partial charge in [-0.1, -0.05) is 0 Å². The molecule has 3 nitrogen and oxygen atoms in total. The van der Waals surface area contributed by atoms with E-state index in [1.165, 1.54) is 11.3 Å². The van der Waals surface area contributed by atoms with Crippen LogP contribution in [0, 0.1) is 6.92 Å². The molecular weight excluding hydrogens is 200 g/mol. The third kappa shape index (κ3) is 1.44. The fourth-order valence-electron chi connectivity index (χ4n) is 1.25. The topological polar surface area (TPSA) is 50.4 Å². The molecule has 0 amide bonds. The van der Waals surface area contributed by atoms with Crippen LogP contribution in [0.4, 0.5) is 0 Å². The van der Waals surface area contributed by atoms with Crippen LogP contribution in [-0.2, 0) is 0 Å². The van der Waals surface area contributed by atoms with Crippen molar-refractivity contribution < 1.29 is 14.3 Å². The number of hydrogen-bond acceptors (Lipinski definition) is 3. The van der Waals surface area contributed by atoms with E-state index in [1.54, 1.807) is 17.5 Å². The normalized spacial score (nSPS) is 10.4. The summed E-state index contributed by atoms with van der Waals surface area (Å²) in [4.78, 5) is 11.2. The smallest absolute Gasteiger partial charge is 0.346 e. The van der Waals surface area contributed by atoms with Crippen molar-refractivity contribution in [2.24, 2.45) is 0 Å². The van der Waals surface area contributed by atoms with E-state index in [0.29, 0.717) is 16.2 Å². The molecule has 2 aromatic rings. The standard InChI is InChI=1S/C10H8O3S/c1-6-2-3-8(13-6)7-4-5-14-9(7)10(11)12/h2-5H,1H3,(H,11,12). The Bertz CT molecular complexity index is 467. The van der Waals surface area contributed by atoms with Crippen LogP contribution in [0.2, 0.25) is 0 Å². The molecule has 0 spiro atoms. The lowest BCUT2D eigenvalue weighted by Crippen LogP contribution is -1.93. The second-order valence-electron chi connectivity index (χ2n) is 2.88. The second-order valence-corrected chi connectivity index (χ2v) is 3.79. The van der Waals surface area contributed by atoms with Gasteiger partial charge < -0.3 is 9.52 Å². The molecule has 0 radical (unpaired) electrons. The van der Waals surface area contributed by atoms with E-state index >= 15 is 0 Å². The van der Waals surface area contributed by atoms with E-state index in [9.17, 15) is 4.79 Å². The van der Waals surface area contributed by atoms with Crippen LogP contribution in [0.3, 0.4) is 0 Å². The van der Waals surface area contributed by atoms with Crippen molar-refractivity contribution >= 4 is 17.3 Å². The first-order chi connectivity index (χ1) is 6.68. The summed E-state index contributed by atoms with van der Waals surface area (Å²) in [6.07, 6.45) is 0. The summed E-state index contributed by atoms with van der Waals surface area (Å²) in [5, 5.41) is 10.6. The molecule has 0 bridgehead atoms. The molecule has 2 rings (SSSR count). The highest BCUT2D eigenvalue weighted by Crippen LogP contribution is 2.29. The molecule has 0 aliphatic carbocycles. The molecule has 0 saturated carbocycles. The van der Waals surface area contributed by atoms with E-state index in [-0.39, 0.29) is 0 Å². The molecule has 14 heavy (non-hydrogen) atoms. The van der Waals surface area contributed by atoms with Crippen molar-refractivity contribution in [1.82, 2.24) is 0 Å². The van der Waals surface area contributed by atoms with Gasteiger partial charge in [-0.2, -0.15) is 0 Å². The molecule has 2 aromatic heterocycles. The fourth-order valence-corrected chi connectivity index (χ4v) is 1.98. The molecule has 0 fully saturated rings. The first-order valence-corrected chi connectivity index (χ1v) is 4.94. The van der Waals surface area contributed by atoms with Gasteiger partial charge in [-0.15, -0.1) is 11.3 Å². The summed E-state index contributed by atoms with van der Waals surface area (Å²) >= 11 is 1.20. The summed E-state index contributed by atoms with van der Waals surface area (Å²) in [6, 6.07) is 5.36. The SMILES string of the molecule is Cc1ccc(-c2ccsc2C(=O)O)o1. The molecule has 2 heterocycles. The number of rotatable bonds is 2. The Balaban J connectivity index is 2.51. The predicted molar refractivity (Wildman–Crippen MR) is 53.7 cm³/mol. The minimum absolute atomic E-state index is 0.319. The van der Waals surface area contributed by atoms with Crippen LogP contribution in [0.25, 0.3) is 11.3 Å². The lowest BCUT2D eigenvalue weighted by atomic mass is 10.2. The van der Waals surface area contributed by atoms with Gasteiger partial charge in [-0.3, -0.25) is 0 Å². The Morgan fingerprint density at radius 2 is 2.21 bits per heavy atom. The highest BCUT2D eigenvalue weighted by Gasteiger charge is 2.15. The van der Waals surface area contributed by atoms with E-state index in [2.05, 4.69) is 0 Å². The van der Waals surface area contributed by atoms with Gasteiger partial charge in [0.15, 0.2) is 0 Å². The largest absolute Gasteiger partial charge is 0.477 e. The van der Waals surface area contributed by atoms with Crippen LogP contribution in [0.15, 0.2) is 28.0 Å². The Morgan fingerprint density at radius 3 is 2.79 bits per heavy atom. The number of aryl methyl sites for hydroxylation is 1. The fraction of sp³-hybridized carbons (Fsp3) is 0.100. The summed E-state index contributed by atoms with van der Waals surface area (Å²) in [7, 11) is 0. The van der Waals surface area contributed by atoms with Crippen LogP contribution >= 0.6 is 11.3 Å². The molecule has 0 aliphatic heterocycles. The number of carboxylic acids is 1. The predicted octanol–water partition coefficient (Wildman–Crippen LogP) is 3.01. The first-order valence-electron chi connectivity index (χ1n) is 4.06. The number of carboxylic acid groups (broad SMARTS) is 1. The molecule has 1 N–H and O–H groups in total. The van der Waals surface area contributed by atoms with E-state index in [0.717, 1.165) is 5.76 Å². The molecule has 0 unspecified atom stereocenters. The number of carbonyl (C=O) groups is 1. The van der Waals surface area contributed by atoms with Crippen molar-refractivity contribution in [2.75, 3.05) is 0 Å². The van der Waals surface area contributed by atoms with Crippen LogP contribution in [0.1, 0.15) is 15.4 Å². The zero-order valence-corrected chi connectivity index (χ0v) is 8.30. The van der Waals surface area contributed by atoms with E-state index < -0.39 is 5.97 Å². The van der Waals surface area contributed by atoms with Gasteiger partial charge in [0.2, 0.25) is 0 Å². The quantitative estimate of drug-likeness (QED) is 0.825. The molecule has 0 aliphatic rings. The molecular formula is C10H8O3S. The molecule has 72 valence electrons. The second kappa shape index (κ2) is 3.31. The minimum atomic E-state index is -0.913. The monoisotopic (exact) mass is 208 g/mol. The Labute approximate surface area is 84.6 Å². The Kier molecular flexibility index (Phi) is 2.13. The first kappa shape index (κ1) is 9.02. The summed E-state index contributed by atoms with van der Waals surface area (Å²) in [5.74, 6) is 0.479. The maximum absolute atomic E-state index is 10.8. The highest BCUT2D eigenvalue weighted by atomic mass is 32.1. The summed E-state index contributed by atoms with van der Waals surface area (Å²) < 4.78 is 5.36. The van der Waals surface area contributed by atoms with E-state index in [4.69, 9.17) is 9.52 Å². The van der Waals surface area contributed by atoms with Crippen molar-refractivity contribution in [3.05, 3.63) is 34.2 Å². The van der Waals surface area contributed by atoms with Crippen LogP contribution in [-0.4, -0.2) is 11.1 Å². The lowest BCUT2D eigenvalue weighted by Gasteiger charge is -1.94. The zero-order valence-electron chi connectivity index (χ0n) is 7.48. The van der Waals surface area contributed by atoms with Gasteiger partial charge in [0.05, 0.1) is 0 Å². The van der Waals surface area contributed by atoms with Gasteiger partial charge in [-0.25, -0.2) is 4.79 Å².